The van der Waals surface area contributed by atoms with E-state index in [-0.39, 0.29) is 12.1 Å². The monoisotopic (exact) mass is 337 g/mol. The van der Waals surface area contributed by atoms with Gasteiger partial charge in [-0.3, -0.25) is 9.59 Å². The number of hydrogen-bond donors (Lipinski definition) is 1. The zero-order chi connectivity index (χ0) is 15.7. The molecule has 0 aliphatic heterocycles. The van der Waals surface area contributed by atoms with Gasteiger partial charge < -0.3 is 5.32 Å². The van der Waals surface area contributed by atoms with E-state index in [0.29, 0.717) is 21.7 Å². The van der Waals surface area contributed by atoms with Crippen LogP contribution in [0.3, 0.4) is 0 Å². The molecule has 0 bridgehead atoms. The van der Waals surface area contributed by atoms with E-state index in [1.54, 1.807) is 24.3 Å². The summed E-state index contributed by atoms with van der Waals surface area (Å²) in [6.45, 7) is -0.180. The van der Waals surface area contributed by atoms with Crippen LogP contribution in [0.25, 0.3) is 0 Å². The van der Waals surface area contributed by atoms with Gasteiger partial charge in [-0.25, -0.2) is 4.68 Å². The van der Waals surface area contributed by atoms with Crippen LogP contribution in [0.1, 0.15) is 24.5 Å². The molecule has 1 saturated carbocycles. The lowest BCUT2D eigenvalue weighted by molar-refractivity contribution is -0.117. The van der Waals surface area contributed by atoms with Crippen molar-refractivity contribution in [3.05, 3.63) is 56.4 Å². The molecular formula is C15H13Cl2N3O2. The zero-order valence-corrected chi connectivity index (χ0v) is 13.1. The van der Waals surface area contributed by atoms with Gasteiger partial charge in [-0.15, -0.1) is 0 Å². The summed E-state index contributed by atoms with van der Waals surface area (Å²) >= 11 is 12.0. The average molecular weight is 338 g/mol. The average Bonchev–Trinajstić information content (AvgIpc) is 3.30. The SMILES string of the molecule is O=C(Cn1nc(C2CC2)ccc1=O)Nc1c(Cl)cccc1Cl. The molecule has 0 atom stereocenters. The van der Waals surface area contributed by atoms with Gasteiger partial charge in [0.25, 0.3) is 5.56 Å². The minimum absolute atomic E-state index is 0.180. The number of hydrogen-bond acceptors (Lipinski definition) is 3. The summed E-state index contributed by atoms with van der Waals surface area (Å²) in [4.78, 5) is 23.9. The van der Waals surface area contributed by atoms with E-state index >= 15 is 0 Å². The van der Waals surface area contributed by atoms with Crippen molar-refractivity contribution in [3.8, 4) is 0 Å². The van der Waals surface area contributed by atoms with Crippen LogP contribution in [0, 0.1) is 0 Å². The number of para-hydroxylation sites is 1. The lowest BCUT2D eigenvalue weighted by Crippen LogP contribution is -2.29. The molecule has 2 aromatic rings. The minimum Gasteiger partial charge on any atom is -0.322 e. The first-order valence-electron chi connectivity index (χ1n) is 6.86. The molecule has 1 aromatic carbocycles. The summed E-state index contributed by atoms with van der Waals surface area (Å²) in [5.41, 5.74) is 0.871. The molecule has 1 N–H and O–H groups in total. The highest BCUT2D eigenvalue weighted by atomic mass is 35.5. The molecule has 1 aliphatic rings. The van der Waals surface area contributed by atoms with E-state index in [2.05, 4.69) is 10.4 Å². The van der Waals surface area contributed by atoms with E-state index in [4.69, 9.17) is 23.2 Å². The summed E-state index contributed by atoms with van der Waals surface area (Å²) in [5.74, 6) is 0.00507. The van der Waals surface area contributed by atoms with Crippen molar-refractivity contribution in [3.63, 3.8) is 0 Å². The van der Waals surface area contributed by atoms with Crippen LogP contribution in [0.15, 0.2) is 35.1 Å². The predicted octanol–water partition coefficient (Wildman–Crippen LogP) is 3.07. The molecule has 22 heavy (non-hydrogen) atoms. The number of benzene rings is 1. The van der Waals surface area contributed by atoms with E-state index in [0.717, 1.165) is 23.2 Å². The van der Waals surface area contributed by atoms with Gasteiger partial charge in [0.1, 0.15) is 6.54 Å². The molecule has 0 saturated heterocycles. The van der Waals surface area contributed by atoms with E-state index in [9.17, 15) is 9.59 Å². The number of rotatable bonds is 4. The molecular weight excluding hydrogens is 325 g/mol. The van der Waals surface area contributed by atoms with Gasteiger partial charge in [0.2, 0.25) is 5.91 Å². The van der Waals surface area contributed by atoms with Gasteiger partial charge in [-0.1, -0.05) is 29.3 Å². The molecule has 1 amide bonds. The quantitative estimate of drug-likeness (QED) is 0.932. The number of nitrogens with one attached hydrogen (secondary N) is 1. The Hall–Kier alpha value is -1.85. The number of halogens is 2. The Morgan fingerprint density at radius 3 is 2.55 bits per heavy atom. The molecule has 3 rings (SSSR count). The van der Waals surface area contributed by atoms with Crippen molar-refractivity contribution in [1.29, 1.82) is 0 Å². The summed E-state index contributed by atoms with van der Waals surface area (Å²) in [6, 6.07) is 8.10. The highest BCUT2D eigenvalue weighted by molar-refractivity contribution is 6.39. The van der Waals surface area contributed by atoms with E-state index in [1.165, 1.54) is 6.07 Å². The van der Waals surface area contributed by atoms with Crippen LogP contribution in [-0.2, 0) is 11.3 Å². The third-order valence-corrected chi connectivity index (χ3v) is 4.03. The zero-order valence-electron chi connectivity index (χ0n) is 11.6. The number of carbonyl (C=O) groups is 1. The van der Waals surface area contributed by atoms with Crippen LogP contribution in [0.5, 0.6) is 0 Å². The Kier molecular flexibility index (Phi) is 4.18. The fourth-order valence-corrected chi connectivity index (χ4v) is 2.60. The van der Waals surface area contributed by atoms with Crippen LogP contribution in [-0.4, -0.2) is 15.7 Å². The number of aromatic nitrogens is 2. The van der Waals surface area contributed by atoms with Gasteiger partial charge in [0, 0.05) is 12.0 Å². The van der Waals surface area contributed by atoms with Crippen molar-refractivity contribution >= 4 is 34.8 Å². The largest absolute Gasteiger partial charge is 0.322 e. The Morgan fingerprint density at radius 2 is 1.91 bits per heavy atom. The third-order valence-electron chi connectivity index (χ3n) is 3.40. The topological polar surface area (TPSA) is 64.0 Å². The smallest absolute Gasteiger partial charge is 0.267 e. The third kappa shape index (κ3) is 3.31. The summed E-state index contributed by atoms with van der Waals surface area (Å²) in [6.07, 6.45) is 2.15. The fraction of sp³-hybridized carbons (Fsp3) is 0.267. The maximum Gasteiger partial charge on any atom is 0.267 e. The number of carbonyl (C=O) groups excluding carboxylic acids is 1. The first-order valence-corrected chi connectivity index (χ1v) is 7.62. The van der Waals surface area contributed by atoms with Crippen LogP contribution < -0.4 is 10.9 Å². The molecule has 1 fully saturated rings. The molecule has 7 heteroatoms. The highest BCUT2D eigenvalue weighted by Gasteiger charge is 2.25. The first kappa shape index (κ1) is 15.1. The van der Waals surface area contributed by atoms with Crippen LogP contribution in [0.2, 0.25) is 10.0 Å². The number of amides is 1. The molecule has 0 spiro atoms. The fourth-order valence-electron chi connectivity index (χ4n) is 2.11. The van der Waals surface area contributed by atoms with Crippen molar-refractivity contribution in [2.45, 2.75) is 25.3 Å². The van der Waals surface area contributed by atoms with Crippen molar-refractivity contribution in [2.24, 2.45) is 0 Å². The second-order valence-electron chi connectivity index (χ2n) is 5.17. The molecule has 0 unspecified atom stereocenters. The van der Waals surface area contributed by atoms with Gasteiger partial charge in [-0.05, 0) is 31.0 Å². The minimum atomic E-state index is -0.405. The van der Waals surface area contributed by atoms with Gasteiger partial charge in [-0.2, -0.15) is 5.10 Å². The second kappa shape index (κ2) is 6.10. The van der Waals surface area contributed by atoms with Crippen molar-refractivity contribution < 1.29 is 4.79 Å². The molecule has 5 nitrogen and oxygen atoms in total. The molecule has 114 valence electrons. The molecule has 1 aliphatic carbocycles. The molecule has 0 radical (unpaired) electrons. The second-order valence-corrected chi connectivity index (χ2v) is 5.99. The van der Waals surface area contributed by atoms with Gasteiger partial charge in [0.15, 0.2) is 0 Å². The van der Waals surface area contributed by atoms with Crippen LogP contribution in [0.4, 0.5) is 5.69 Å². The Balaban J connectivity index is 1.77. The van der Waals surface area contributed by atoms with Gasteiger partial charge >= 0.3 is 0 Å². The Bertz CT molecular complexity index is 764. The number of anilines is 1. The first-order chi connectivity index (χ1) is 10.5. The van der Waals surface area contributed by atoms with Crippen molar-refractivity contribution in [1.82, 2.24) is 9.78 Å². The lowest BCUT2D eigenvalue weighted by atomic mass is 10.3. The maximum absolute atomic E-state index is 12.1. The maximum atomic E-state index is 12.1. The van der Waals surface area contributed by atoms with Crippen molar-refractivity contribution in [2.75, 3.05) is 5.32 Å². The van der Waals surface area contributed by atoms with E-state index in [1.807, 2.05) is 0 Å². The predicted molar refractivity (Wildman–Crippen MR) is 85.6 cm³/mol. The van der Waals surface area contributed by atoms with Gasteiger partial charge in [0.05, 0.1) is 21.4 Å². The standard InChI is InChI=1S/C15H13Cl2N3O2/c16-10-2-1-3-11(17)15(10)18-13(21)8-20-14(22)7-6-12(19-20)9-4-5-9/h1-3,6-7,9H,4-5,8H2,(H,18,21). The highest BCUT2D eigenvalue weighted by Crippen LogP contribution is 2.38. The Morgan fingerprint density at radius 1 is 1.23 bits per heavy atom. The summed E-state index contributed by atoms with van der Waals surface area (Å²) in [7, 11) is 0. The lowest BCUT2D eigenvalue weighted by Gasteiger charge is -2.10. The number of nitrogens with zero attached hydrogens (tertiary/aromatic N) is 2. The summed E-state index contributed by atoms with van der Waals surface area (Å²) < 4.78 is 1.16. The summed E-state index contributed by atoms with van der Waals surface area (Å²) in [5, 5.41) is 7.54. The van der Waals surface area contributed by atoms with E-state index < -0.39 is 5.91 Å². The van der Waals surface area contributed by atoms with Crippen LogP contribution >= 0.6 is 23.2 Å². The normalized spacial score (nSPS) is 13.9. The molecule has 1 aromatic heterocycles. The molecule has 1 heterocycles. The Labute approximate surface area is 136 Å².